The Morgan fingerprint density at radius 1 is 1.75 bits per heavy atom. The molecule has 1 unspecified atom stereocenters. The molecule has 1 saturated heterocycles. The Bertz CT molecular complexity index is 319. The largest absolute Gasteiger partial charge is 0.349 e. The second kappa shape index (κ2) is 3.28. The fourth-order valence-electron chi connectivity index (χ4n) is 1.07. The summed E-state index contributed by atoms with van der Waals surface area (Å²) >= 11 is 1.68. The highest BCUT2D eigenvalue weighted by molar-refractivity contribution is 7.99. The average molecular weight is 184 g/mol. The third-order valence-corrected chi connectivity index (χ3v) is 2.48. The van der Waals surface area contributed by atoms with Crippen LogP contribution in [0.1, 0.15) is 6.23 Å². The van der Waals surface area contributed by atoms with Gasteiger partial charge in [-0.2, -0.15) is 0 Å². The second-order valence-electron chi connectivity index (χ2n) is 2.42. The van der Waals surface area contributed by atoms with Gasteiger partial charge in [0, 0.05) is 18.1 Å². The quantitative estimate of drug-likeness (QED) is 0.636. The number of ether oxygens (including phenoxy) is 1. The Hall–Kier alpha value is -0.810. The lowest BCUT2D eigenvalue weighted by atomic mass is 10.5. The molecule has 0 radical (unpaired) electrons. The van der Waals surface area contributed by atoms with E-state index in [1.54, 1.807) is 24.0 Å². The van der Waals surface area contributed by atoms with Crippen molar-refractivity contribution < 1.29 is 4.74 Å². The van der Waals surface area contributed by atoms with Crippen molar-refractivity contribution in [1.29, 1.82) is 0 Å². The normalized spacial score (nSPS) is 22.8. The fraction of sp³-hybridized carbons (Fsp3) is 0.429. The molecule has 0 aliphatic carbocycles. The molecule has 1 aromatic rings. The first-order chi connectivity index (χ1) is 5.88. The van der Waals surface area contributed by atoms with E-state index in [9.17, 15) is 4.79 Å². The first kappa shape index (κ1) is 7.82. The Kier molecular flexibility index (Phi) is 2.14. The molecule has 64 valence electrons. The molecule has 1 fully saturated rings. The molecule has 5 heteroatoms. The molecule has 0 N–H and O–H groups in total. The van der Waals surface area contributed by atoms with Gasteiger partial charge in [0.25, 0.3) is 0 Å². The zero-order chi connectivity index (χ0) is 8.39. The van der Waals surface area contributed by atoms with Crippen molar-refractivity contribution >= 4 is 11.8 Å². The molecule has 0 saturated carbocycles. The van der Waals surface area contributed by atoms with Crippen LogP contribution in [0.15, 0.2) is 23.3 Å². The zero-order valence-electron chi connectivity index (χ0n) is 6.34. The Balaban J connectivity index is 2.32. The van der Waals surface area contributed by atoms with E-state index in [0.717, 1.165) is 5.75 Å². The molecule has 0 amide bonds. The van der Waals surface area contributed by atoms with E-state index in [1.807, 2.05) is 0 Å². The Morgan fingerprint density at radius 2 is 2.67 bits per heavy atom. The first-order valence-electron chi connectivity index (χ1n) is 3.60. The van der Waals surface area contributed by atoms with Crippen molar-refractivity contribution in [3.8, 4) is 0 Å². The summed E-state index contributed by atoms with van der Waals surface area (Å²) in [6.07, 6.45) is 3.06. The lowest BCUT2D eigenvalue weighted by molar-refractivity contribution is 0.0639. The lowest BCUT2D eigenvalue weighted by Crippen LogP contribution is -2.26. The van der Waals surface area contributed by atoms with Gasteiger partial charge in [0.2, 0.25) is 0 Å². The van der Waals surface area contributed by atoms with E-state index in [1.165, 1.54) is 10.8 Å². The summed E-state index contributed by atoms with van der Waals surface area (Å²) in [6.45, 7) is 0. The number of rotatable bonds is 1. The van der Waals surface area contributed by atoms with Gasteiger partial charge < -0.3 is 4.74 Å². The maximum absolute atomic E-state index is 11.2. The molecule has 1 aromatic heterocycles. The molecule has 2 heterocycles. The topological polar surface area (TPSA) is 44.1 Å². The maximum atomic E-state index is 11.2. The van der Waals surface area contributed by atoms with Crippen molar-refractivity contribution in [1.82, 2.24) is 9.55 Å². The SMILES string of the molecule is O=c1ncccn1C1CSCO1. The van der Waals surface area contributed by atoms with Gasteiger partial charge in [-0.25, -0.2) is 9.78 Å². The zero-order valence-corrected chi connectivity index (χ0v) is 7.16. The summed E-state index contributed by atoms with van der Waals surface area (Å²) in [5.74, 6) is 1.48. The molecular formula is C7H8N2O2S. The molecule has 12 heavy (non-hydrogen) atoms. The van der Waals surface area contributed by atoms with Gasteiger partial charge in [-0.1, -0.05) is 0 Å². The summed E-state index contributed by atoms with van der Waals surface area (Å²) in [5.41, 5.74) is -0.245. The Morgan fingerprint density at radius 3 is 3.33 bits per heavy atom. The Labute approximate surface area is 73.6 Å². The second-order valence-corrected chi connectivity index (χ2v) is 3.40. The van der Waals surface area contributed by atoms with Crippen molar-refractivity contribution in [2.24, 2.45) is 0 Å². The van der Waals surface area contributed by atoms with Crippen molar-refractivity contribution in [2.45, 2.75) is 6.23 Å². The van der Waals surface area contributed by atoms with Crippen LogP contribution in [0.25, 0.3) is 0 Å². The van der Waals surface area contributed by atoms with Crippen LogP contribution in [0.4, 0.5) is 0 Å². The van der Waals surface area contributed by atoms with Crippen LogP contribution in [-0.2, 0) is 4.74 Å². The van der Waals surface area contributed by atoms with Gasteiger partial charge in [-0.15, -0.1) is 11.8 Å². The molecule has 1 aliphatic heterocycles. The summed E-state index contributed by atoms with van der Waals surface area (Å²) in [6, 6.07) is 1.73. The van der Waals surface area contributed by atoms with E-state index >= 15 is 0 Å². The van der Waals surface area contributed by atoms with Gasteiger partial charge in [0.1, 0.15) is 6.23 Å². The minimum absolute atomic E-state index is 0.129. The fourth-order valence-corrected chi connectivity index (χ4v) is 1.88. The number of hydrogen-bond donors (Lipinski definition) is 0. The van der Waals surface area contributed by atoms with Crippen LogP contribution < -0.4 is 5.69 Å². The predicted octanol–water partition coefficient (Wildman–Crippen LogP) is 0.463. The molecule has 0 aromatic carbocycles. The van der Waals surface area contributed by atoms with Crippen LogP contribution in [0.2, 0.25) is 0 Å². The molecule has 0 bridgehead atoms. The number of hydrogen-bond acceptors (Lipinski definition) is 4. The highest BCUT2D eigenvalue weighted by Crippen LogP contribution is 2.22. The predicted molar refractivity (Wildman–Crippen MR) is 45.9 cm³/mol. The lowest BCUT2D eigenvalue weighted by Gasteiger charge is -2.09. The highest BCUT2D eigenvalue weighted by atomic mass is 32.2. The molecular weight excluding hydrogens is 176 g/mol. The third kappa shape index (κ3) is 1.37. The van der Waals surface area contributed by atoms with Crippen LogP contribution in [0.5, 0.6) is 0 Å². The van der Waals surface area contributed by atoms with Gasteiger partial charge >= 0.3 is 5.69 Å². The molecule has 1 atom stereocenters. The minimum atomic E-state index is -0.245. The summed E-state index contributed by atoms with van der Waals surface area (Å²) in [4.78, 5) is 14.8. The van der Waals surface area contributed by atoms with E-state index in [2.05, 4.69) is 4.98 Å². The monoisotopic (exact) mass is 184 g/mol. The maximum Gasteiger partial charge on any atom is 0.349 e. The van der Waals surface area contributed by atoms with Gasteiger partial charge in [0.15, 0.2) is 0 Å². The van der Waals surface area contributed by atoms with Crippen molar-refractivity contribution in [2.75, 3.05) is 11.7 Å². The molecule has 2 rings (SSSR count). The van der Waals surface area contributed by atoms with Crippen LogP contribution >= 0.6 is 11.8 Å². The molecule has 1 aliphatic rings. The van der Waals surface area contributed by atoms with Gasteiger partial charge in [0.05, 0.1) is 5.94 Å². The van der Waals surface area contributed by atoms with E-state index in [0.29, 0.717) is 5.94 Å². The van der Waals surface area contributed by atoms with E-state index in [4.69, 9.17) is 4.74 Å². The molecule has 0 spiro atoms. The first-order valence-corrected chi connectivity index (χ1v) is 4.76. The van der Waals surface area contributed by atoms with Crippen molar-refractivity contribution in [3.63, 3.8) is 0 Å². The van der Waals surface area contributed by atoms with Gasteiger partial charge in [-0.05, 0) is 6.07 Å². The summed E-state index contributed by atoms with van der Waals surface area (Å²) < 4.78 is 6.82. The third-order valence-electron chi connectivity index (χ3n) is 1.65. The van der Waals surface area contributed by atoms with Crippen LogP contribution in [0.3, 0.4) is 0 Å². The highest BCUT2D eigenvalue weighted by Gasteiger charge is 2.18. The van der Waals surface area contributed by atoms with Crippen molar-refractivity contribution in [3.05, 3.63) is 28.9 Å². The summed E-state index contributed by atoms with van der Waals surface area (Å²) in [5, 5.41) is 0. The smallest absolute Gasteiger partial charge is 0.346 e. The van der Waals surface area contributed by atoms with Gasteiger partial charge in [-0.3, -0.25) is 4.57 Å². The minimum Gasteiger partial charge on any atom is -0.346 e. The standard InChI is InChI=1S/C7H8N2O2S/c10-7-8-2-1-3-9(7)6-4-12-5-11-6/h1-3,6H,4-5H2. The summed E-state index contributed by atoms with van der Waals surface area (Å²) in [7, 11) is 0. The van der Waals surface area contributed by atoms with E-state index < -0.39 is 0 Å². The number of thioether (sulfide) groups is 1. The number of nitrogens with zero attached hydrogens (tertiary/aromatic N) is 2. The van der Waals surface area contributed by atoms with E-state index in [-0.39, 0.29) is 11.9 Å². The van der Waals surface area contributed by atoms with Crippen LogP contribution in [0, 0.1) is 0 Å². The average Bonchev–Trinajstić information content (AvgIpc) is 2.57. The number of aromatic nitrogens is 2. The van der Waals surface area contributed by atoms with Crippen LogP contribution in [-0.4, -0.2) is 21.2 Å². The molecule has 4 nitrogen and oxygen atoms in total.